The number of thiocarbonyl (C=S) groups is 1. The SMILES string of the molecule is Cc1ccc(C)c(NC(=S)Nc2ccccc2CO)c1. The standard InChI is InChI=1S/C16H18N2OS/c1-11-7-8-12(2)15(9-11)18-16(20)17-14-6-4-3-5-13(14)10-19/h3-9,19H,10H2,1-2H3,(H2,17,18,20). The summed E-state index contributed by atoms with van der Waals surface area (Å²) < 4.78 is 0. The Morgan fingerprint density at radius 3 is 2.50 bits per heavy atom. The molecule has 0 saturated heterocycles. The van der Waals surface area contributed by atoms with Crippen molar-refractivity contribution in [1.82, 2.24) is 0 Å². The molecule has 0 bridgehead atoms. The highest BCUT2D eigenvalue weighted by Crippen LogP contribution is 2.18. The predicted octanol–water partition coefficient (Wildman–Crippen LogP) is 3.60. The summed E-state index contributed by atoms with van der Waals surface area (Å²) in [6.07, 6.45) is 0. The van der Waals surface area contributed by atoms with Crippen LogP contribution in [0.3, 0.4) is 0 Å². The lowest BCUT2D eigenvalue weighted by Gasteiger charge is -2.15. The Balaban J connectivity index is 2.11. The van der Waals surface area contributed by atoms with Gasteiger partial charge in [0.2, 0.25) is 0 Å². The quantitative estimate of drug-likeness (QED) is 0.754. The first-order valence-corrected chi connectivity index (χ1v) is 6.85. The Hall–Kier alpha value is -1.91. The number of aliphatic hydroxyl groups excluding tert-OH is 1. The number of aliphatic hydroxyl groups is 1. The Morgan fingerprint density at radius 1 is 1.05 bits per heavy atom. The van der Waals surface area contributed by atoms with E-state index in [0.717, 1.165) is 22.5 Å². The van der Waals surface area contributed by atoms with Gasteiger partial charge in [-0.15, -0.1) is 0 Å². The van der Waals surface area contributed by atoms with Crippen LogP contribution in [-0.2, 0) is 6.61 Å². The van der Waals surface area contributed by atoms with Gasteiger partial charge in [0.05, 0.1) is 6.61 Å². The van der Waals surface area contributed by atoms with Gasteiger partial charge < -0.3 is 15.7 Å². The molecule has 4 heteroatoms. The largest absolute Gasteiger partial charge is 0.392 e. The van der Waals surface area contributed by atoms with Crippen molar-refractivity contribution in [3.63, 3.8) is 0 Å². The van der Waals surface area contributed by atoms with Crippen LogP contribution >= 0.6 is 12.2 Å². The molecule has 0 radical (unpaired) electrons. The minimum atomic E-state index is -0.0186. The maximum Gasteiger partial charge on any atom is 0.175 e. The van der Waals surface area contributed by atoms with Gasteiger partial charge in [0.15, 0.2) is 5.11 Å². The van der Waals surface area contributed by atoms with E-state index in [4.69, 9.17) is 12.2 Å². The Labute approximate surface area is 124 Å². The first kappa shape index (κ1) is 14.5. The van der Waals surface area contributed by atoms with Crippen molar-refractivity contribution in [2.24, 2.45) is 0 Å². The minimum Gasteiger partial charge on any atom is -0.392 e. The summed E-state index contributed by atoms with van der Waals surface area (Å²) in [6, 6.07) is 13.7. The van der Waals surface area contributed by atoms with Gasteiger partial charge in [0.1, 0.15) is 0 Å². The molecule has 0 aromatic heterocycles. The van der Waals surface area contributed by atoms with Gasteiger partial charge in [0.25, 0.3) is 0 Å². The topological polar surface area (TPSA) is 44.3 Å². The van der Waals surface area contributed by atoms with E-state index < -0.39 is 0 Å². The number of anilines is 2. The molecule has 104 valence electrons. The smallest absolute Gasteiger partial charge is 0.175 e. The maximum absolute atomic E-state index is 9.30. The molecule has 0 spiro atoms. The van der Waals surface area contributed by atoms with E-state index in [1.54, 1.807) is 0 Å². The molecule has 0 aliphatic rings. The number of benzene rings is 2. The lowest BCUT2D eigenvalue weighted by molar-refractivity contribution is 0.282. The molecule has 2 aromatic rings. The first-order chi connectivity index (χ1) is 9.60. The van der Waals surface area contributed by atoms with Crippen LogP contribution in [0, 0.1) is 13.8 Å². The van der Waals surface area contributed by atoms with Crippen LogP contribution in [0.25, 0.3) is 0 Å². The normalized spacial score (nSPS) is 10.2. The van der Waals surface area contributed by atoms with Crippen LogP contribution in [0.4, 0.5) is 11.4 Å². The zero-order valence-corrected chi connectivity index (χ0v) is 12.4. The first-order valence-electron chi connectivity index (χ1n) is 6.44. The third kappa shape index (κ3) is 3.56. The zero-order chi connectivity index (χ0) is 14.5. The van der Waals surface area contributed by atoms with Crippen molar-refractivity contribution in [2.45, 2.75) is 20.5 Å². The predicted molar refractivity (Wildman–Crippen MR) is 88.1 cm³/mol. The molecule has 0 aliphatic carbocycles. The molecule has 0 aliphatic heterocycles. The van der Waals surface area contributed by atoms with Crippen molar-refractivity contribution in [3.8, 4) is 0 Å². The molecular weight excluding hydrogens is 268 g/mol. The van der Waals surface area contributed by atoms with Crippen LogP contribution in [0.1, 0.15) is 16.7 Å². The molecular formula is C16H18N2OS. The second kappa shape index (κ2) is 6.50. The highest BCUT2D eigenvalue weighted by Gasteiger charge is 2.05. The van der Waals surface area contributed by atoms with Crippen LogP contribution in [0.5, 0.6) is 0 Å². The molecule has 0 amide bonds. The molecule has 20 heavy (non-hydrogen) atoms. The maximum atomic E-state index is 9.30. The highest BCUT2D eigenvalue weighted by molar-refractivity contribution is 7.80. The summed E-state index contributed by atoms with van der Waals surface area (Å²) in [4.78, 5) is 0. The van der Waals surface area contributed by atoms with Gasteiger partial charge >= 0.3 is 0 Å². The van der Waals surface area contributed by atoms with E-state index in [9.17, 15) is 5.11 Å². The van der Waals surface area contributed by atoms with E-state index in [1.165, 1.54) is 5.56 Å². The molecule has 0 heterocycles. The van der Waals surface area contributed by atoms with Crippen molar-refractivity contribution in [3.05, 3.63) is 59.2 Å². The van der Waals surface area contributed by atoms with Gasteiger partial charge in [-0.25, -0.2) is 0 Å². The van der Waals surface area contributed by atoms with E-state index in [1.807, 2.05) is 38.1 Å². The number of aryl methyl sites for hydroxylation is 2. The summed E-state index contributed by atoms with van der Waals surface area (Å²) >= 11 is 5.32. The second-order valence-electron chi connectivity index (χ2n) is 4.71. The lowest BCUT2D eigenvalue weighted by Crippen LogP contribution is -2.20. The summed E-state index contributed by atoms with van der Waals surface area (Å²) in [5.41, 5.74) is 4.94. The number of para-hydroxylation sites is 1. The molecule has 0 atom stereocenters. The van der Waals surface area contributed by atoms with Crippen molar-refractivity contribution >= 4 is 28.7 Å². The molecule has 0 fully saturated rings. The Kier molecular flexibility index (Phi) is 4.71. The summed E-state index contributed by atoms with van der Waals surface area (Å²) in [5, 5.41) is 16.1. The molecule has 0 saturated carbocycles. The summed E-state index contributed by atoms with van der Waals surface area (Å²) in [6.45, 7) is 4.06. The van der Waals surface area contributed by atoms with Crippen LogP contribution < -0.4 is 10.6 Å². The van der Waals surface area contributed by atoms with Crippen molar-refractivity contribution in [2.75, 3.05) is 10.6 Å². The summed E-state index contributed by atoms with van der Waals surface area (Å²) in [5.74, 6) is 0. The van der Waals surface area contributed by atoms with Gasteiger partial charge in [0, 0.05) is 16.9 Å². The average Bonchev–Trinajstić information content (AvgIpc) is 2.43. The molecule has 0 unspecified atom stereocenters. The number of nitrogens with one attached hydrogen (secondary N) is 2. The fourth-order valence-corrected chi connectivity index (χ4v) is 2.15. The van der Waals surface area contributed by atoms with Crippen LogP contribution in [-0.4, -0.2) is 10.2 Å². The highest BCUT2D eigenvalue weighted by atomic mass is 32.1. The Bertz CT molecular complexity index is 626. The lowest BCUT2D eigenvalue weighted by atomic mass is 10.1. The van der Waals surface area contributed by atoms with E-state index >= 15 is 0 Å². The summed E-state index contributed by atoms with van der Waals surface area (Å²) in [7, 11) is 0. The average molecular weight is 286 g/mol. The van der Waals surface area contributed by atoms with Crippen molar-refractivity contribution in [1.29, 1.82) is 0 Å². The molecule has 3 N–H and O–H groups in total. The van der Waals surface area contributed by atoms with E-state index in [-0.39, 0.29) is 6.61 Å². The Morgan fingerprint density at radius 2 is 1.75 bits per heavy atom. The molecule has 2 rings (SSSR count). The van der Waals surface area contributed by atoms with Gasteiger partial charge in [-0.1, -0.05) is 30.3 Å². The third-order valence-electron chi connectivity index (χ3n) is 3.08. The number of hydrogen-bond acceptors (Lipinski definition) is 2. The number of hydrogen-bond donors (Lipinski definition) is 3. The fraction of sp³-hybridized carbons (Fsp3) is 0.188. The monoisotopic (exact) mass is 286 g/mol. The fourth-order valence-electron chi connectivity index (χ4n) is 1.93. The van der Waals surface area contributed by atoms with Crippen LogP contribution in [0.15, 0.2) is 42.5 Å². The van der Waals surface area contributed by atoms with Gasteiger partial charge in [-0.05, 0) is 49.3 Å². The molecule has 2 aromatic carbocycles. The molecule has 3 nitrogen and oxygen atoms in total. The second-order valence-corrected chi connectivity index (χ2v) is 5.12. The van der Waals surface area contributed by atoms with Crippen molar-refractivity contribution < 1.29 is 5.11 Å². The van der Waals surface area contributed by atoms with E-state index in [2.05, 4.69) is 28.8 Å². The van der Waals surface area contributed by atoms with E-state index in [0.29, 0.717) is 5.11 Å². The van der Waals surface area contributed by atoms with Gasteiger partial charge in [-0.3, -0.25) is 0 Å². The van der Waals surface area contributed by atoms with Gasteiger partial charge in [-0.2, -0.15) is 0 Å². The number of rotatable bonds is 3. The van der Waals surface area contributed by atoms with Crippen LogP contribution in [0.2, 0.25) is 0 Å². The zero-order valence-electron chi connectivity index (χ0n) is 11.6. The third-order valence-corrected chi connectivity index (χ3v) is 3.28. The minimum absolute atomic E-state index is 0.0186.